The lowest BCUT2D eigenvalue weighted by atomic mass is 10.5. The van der Waals surface area contributed by atoms with Crippen LogP contribution in [0.5, 0.6) is 0 Å². The maximum atomic E-state index is 5.03. The Bertz CT molecular complexity index is 99.1. The molecule has 8 heavy (non-hydrogen) atoms. The van der Waals surface area contributed by atoms with Crippen molar-refractivity contribution in [2.24, 2.45) is 5.73 Å². The zero-order chi connectivity index (χ0) is 6.41. The lowest BCUT2D eigenvalue weighted by Crippen LogP contribution is -2.09. The van der Waals surface area contributed by atoms with Gasteiger partial charge < -0.3 is 10.6 Å². The van der Waals surface area contributed by atoms with Crippen LogP contribution in [0, 0.1) is 0 Å². The summed E-state index contributed by atoms with van der Waals surface area (Å²) in [6.07, 6.45) is 3.28. The first-order valence-electron chi connectivity index (χ1n) is 2.53. The fraction of sp³-hybridized carbons (Fsp3) is 0.500. The van der Waals surface area contributed by atoms with Crippen LogP contribution in [-0.2, 0) is 0 Å². The first-order valence-corrected chi connectivity index (χ1v) is 2.53. The molecule has 0 atom stereocenters. The third-order valence-corrected chi connectivity index (χ3v) is 0.671. The molecule has 46 valence electrons. The summed E-state index contributed by atoms with van der Waals surface area (Å²) in [7, 11) is 3.99. The molecule has 0 saturated heterocycles. The van der Waals surface area contributed by atoms with Crippen molar-refractivity contribution in [3.63, 3.8) is 0 Å². The summed E-state index contributed by atoms with van der Waals surface area (Å²) in [4.78, 5) is 2.04. The van der Waals surface area contributed by atoms with Crippen molar-refractivity contribution in [1.29, 1.82) is 0 Å². The van der Waals surface area contributed by atoms with E-state index >= 15 is 0 Å². The molecule has 0 saturated carbocycles. The molecular formula is C6H12N2. The van der Waals surface area contributed by atoms with Crippen LogP contribution in [0.25, 0.3) is 0 Å². The zero-order valence-corrected chi connectivity index (χ0v) is 5.39. The molecule has 0 aliphatic heterocycles. The monoisotopic (exact) mass is 112 g/mol. The molecule has 0 fully saturated rings. The standard InChI is InChI=1S/C6H12N2/c1-8(2)6-4-3-5-7/h4-5H,6-7H2,1-2H3. The molecule has 0 radical (unpaired) electrons. The summed E-state index contributed by atoms with van der Waals surface area (Å²) in [6.45, 7) is 0.897. The SMILES string of the molecule is CN(C)CC=C=CN. The minimum Gasteiger partial charge on any atom is -0.398 e. The molecule has 0 aromatic carbocycles. The number of hydrogen-bond acceptors (Lipinski definition) is 2. The summed E-state index contributed by atoms with van der Waals surface area (Å²) < 4.78 is 0. The van der Waals surface area contributed by atoms with Crippen LogP contribution in [0.15, 0.2) is 18.0 Å². The Hall–Kier alpha value is -0.720. The van der Waals surface area contributed by atoms with Gasteiger partial charge in [0.1, 0.15) is 0 Å². The van der Waals surface area contributed by atoms with E-state index in [1.165, 1.54) is 6.20 Å². The van der Waals surface area contributed by atoms with Gasteiger partial charge in [0.25, 0.3) is 0 Å². The molecule has 2 nitrogen and oxygen atoms in total. The molecule has 0 aromatic rings. The molecule has 2 heteroatoms. The van der Waals surface area contributed by atoms with Gasteiger partial charge in [-0.15, -0.1) is 5.73 Å². The van der Waals surface area contributed by atoms with Gasteiger partial charge in [-0.3, -0.25) is 0 Å². The van der Waals surface area contributed by atoms with E-state index in [2.05, 4.69) is 5.73 Å². The first kappa shape index (κ1) is 7.28. The molecule has 0 aliphatic carbocycles. The smallest absolute Gasteiger partial charge is 0.0368 e. The minimum atomic E-state index is 0.897. The molecule has 0 spiro atoms. The highest BCUT2D eigenvalue weighted by atomic mass is 15.0. The van der Waals surface area contributed by atoms with Crippen molar-refractivity contribution >= 4 is 0 Å². The van der Waals surface area contributed by atoms with Crippen LogP contribution < -0.4 is 5.73 Å². The van der Waals surface area contributed by atoms with Crippen molar-refractivity contribution < 1.29 is 0 Å². The van der Waals surface area contributed by atoms with Crippen molar-refractivity contribution in [3.8, 4) is 0 Å². The quantitative estimate of drug-likeness (QED) is 0.516. The highest BCUT2D eigenvalue weighted by Gasteiger charge is 1.77. The Kier molecular flexibility index (Phi) is 4.04. The fourth-order valence-electron chi connectivity index (χ4n) is 0.303. The molecule has 0 amide bonds. The van der Waals surface area contributed by atoms with Crippen LogP contribution in [0.3, 0.4) is 0 Å². The normalized spacial score (nSPS) is 8.38. The first-order chi connectivity index (χ1) is 3.77. The van der Waals surface area contributed by atoms with Crippen LogP contribution in [0.1, 0.15) is 0 Å². The lowest BCUT2D eigenvalue weighted by Gasteiger charge is -2.01. The van der Waals surface area contributed by atoms with Crippen molar-refractivity contribution in [2.75, 3.05) is 20.6 Å². The second-order valence-corrected chi connectivity index (χ2v) is 1.80. The molecule has 0 bridgehead atoms. The van der Waals surface area contributed by atoms with Gasteiger partial charge in [-0.1, -0.05) is 0 Å². The molecule has 0 aromatic heterocycles. The minimum absolute atomic E-state index is 0.897. The Balaban J connectivity index is 3.30. The van der Waals surface area contributed by atoms with Crippen molar-refractivity contribution in [3.05, 3.63) is 18.0 Å². The van der Waals surface area contributed by atoms with Gasteiger partial charge in [0.05, 0.1) is 0 Å². The van der Waals surface area contributed by atoms with Crippen molar-refractivity contribution in [2.45, 2.75) is 0 Å². The average Bonchev–Trinajstić information content (AvgIpc) is 1.66. The number of rotatable bonds is 2. The van der Waals surface area contributed by atoms with Gasteiger partial charge in [0.2, 0.25) is 0 Å². The van der Waals surface area contributed by atoms with E-state index in [0.717, 1.165) is 6.54 Å². The van der Waals surface area contributed by atoms with Crippen LogP contribution >= 0.6 is 0 Å². The third kappa shape index (κ3) is 5.28. The number of likely N-dealkylation sites (N-methyl/N-ethyl adjacent to an activating group) is 1. The van der Waals surface area contributed by atoms with E-state index in [4.69, 9.17) is 5.73 Å². The topological polar surface area (TPSA) is 29.3 Å². The van der Waals surface area contributed by atoms with Crippen LogP contribution in [0.2, 0.25) is 0 Å². The van der Waals surface area contributed by atoms with E-state index in [0.29, 0.717) is 0 Å². The van der Waals surface area contributed by atoms with Gasteiger partial charge in [0, 0.05) is 12.7 Å². The van der Waals surface area contributed by atoms with Gasteiger partial charge in [-0.05, 0) is 20.2 Å². The Morgan fingerprint density at radius 3 is 2.62 bits per heavy atom. The van der Waals surface area contributed by atoms with Crippen molar-refractivity contribution in [1.82, 2.24) is 4.90 Å². The highest BCUT2D eigenvalue weighted by Crippen LogP contribution is 1.71. The average molecular weight is 112 g/mol. The molecule has 0 rings (SSSR count). The Morgan fingerprint density at radius 1 is 1.62 bits per heavy atom. The predicted molar refractivity (Wildman–Crippen MR) is 35.4 cm³/mol. The summed E-state index contributed by atoms with van der Waals surface area (Å²) in [6, 6.07) is 0. The third-order valence-electron chi connectivity index (χ3n) is 0.671. The molecular weight excluding hydrogens is 100 g/mol. The van der Waals surface area contributed by atoms with Gasteiger partial charge in [-0.2, -0.15) is 0 Å². The fourth-order valence-corrected chi connectivity index (χ4v) is 0.303. The van der Waals surface area contributed by atoms with Gasteiger partial charge in [0.15, 0.2) is 0 Å². The maximum Gasteiger partial charge on any atom is 0.0368 e. The number of hydrogen-bond donors (Lipinski definition) is 1. The van der Waals surface area contributed by atoms with E-state index in [1.54, 1.807) is 0 Å². The highest BCUT2D eigenvalue weighted by molar-refractivity contribution is 4.82. The molecule has 0 heterocycles. The summed E-state index contributed by atoms with van der Waals surface area (Å²) in [5.74, 6) is 0. The second-order valence-electron chi connectivity index (χ2n) is 1.80. The van der Waals surface area contributed by atoms with E-state index in [1.807, 2.05) is 25.1 Å². The molecule has 0 unspecified atom stereocenters. The lowest BCUT2D eigenvalue weighted by molar-refractivity contribution is 0.456. The predicted octanol–water partition coefficient (Wildman–Crippen LogP) is 0.176. The summed E-state index contributed by atoms with van der Waals surface area (Å²) in [5, 5.41) is 0. The summed E-state index contributed by atoms with van der Waals surface area (Å²) >= 11 is 0. The van der Waals surface area contributed by atoms with Gasteiger partial charge >= 0.3 is 0 Å². The van der Waals surface area contributed by atoms with Gasteiger partial charge in [-0.25, -0.2) is 0 Å². The summed E-state index contributed by atoms with van der Waals surface area (Å²) in [5.41, 5.74) is 7.79. The van der Waals surface area contributed by atoms with Crippen LogP contribution in [0.4, 0.5) is 0 Å². The largest absolute Gasteiger partial charge is 0.398 e. The number of nitrogens with zero attached hydrogens (tertiary/aromatic N) is 1. The Labute approximate surface area is 50.3 Å². The number of nitrogens with two attached hydrogens (primary N) is 1. The van der Waals surface area contributed by atoms with Crippen LogP contribution in [-0.4, -0.2) is 25.5 Å². The van der Waals surface area contributed by atoms with E-state index in [-0.39, 0.29) is 0 Å². The zero-order valence-electron chi connectivity index (χ0n) is 5.39. The maximum absolute atomic E-state index is 5.03. The van der Waals surface area contributed by atoms with E-state index < -0.39 is 0 Å². The Morgan fingerprint density at radius 2 is 2.25 bits per heavy atom. The molecule has 2 N–H and O–H groups in total. The van der Waals surface area contributed by atoms with E-state index in [9.17, 15) is 0 Å². The second kappa shape index (κ2) is 4.44. The molecule has 0 aliphatic rings.